The average molecular weight is 360 g/mol. The zero-order valence-electron chi connectivity index (χ0n) is 15.9. The van der Waals surface area contributed by atoms with E-state index in [1.165, 1.54) is 10.9 Å². The average Bonchev–Trinajstić information content (AvgIpc) is 3.28. The fraction of sp³-hybridized carbons (Fsp3) is 0.286. The monoisotopic (exact) mass is 360 g/mol. The zero-order chi connectivity index (χ0) is 18.8. The molecule has 1 unspecified atom stereocenters. The first-order valence-electron chi connectivity index (χ1n) is 9.35. The molecule has 0 amide bonds. The van der Waals surface area contributed by atoms with E-state index in [-0.39, 0.29) is 6.04 Å². The summed E-state index contributed by atoms with van der Waals surface area (Å²) in [4.78, 5) is 12.3. The van der Waals surface area contributed by atoms with Crippen molar-refractivity contribution in [3.05, 3.63) is 60.2 Å². The highest BCUT2D eigenvalue weighted by Gasteiger charge is 2.12. The molecule has 0 aliphatic heterocycles. The molecular formula is C21H24N6. The smallest absolute Gasteiger partial charge is 0.223 e. The predicted molar refractivity (Wildman–Crippen MR) is 109 cm³/mol. The maximum absolute atomic E-state index is 4.71. The molecule has 0 saturated carbocycles. The van der Waals surface area contributed by atoms with Crippen molar-refractivity contribution in [2.45, 2.75) is 39.8 Å². The summed E-state index contributed by atoms with van der Waals surface area (Å²) in [5.41, 5.74) is 5.41. The molecule has 0 aliphatic rings. The van der Waals surface area contributed by atoms with E-state index in [4.69, 9.17) is 4.98 Å². The number of hydrogen-bond donors (Lipinski definition) is 2. The van der Waals surface area contributed by atoms with Gasteiger partial charge in [-0.25, -0.2) is 9.97 Å². The molecule has 0 aliphatic carbocycles. The van der Waals surface area contributed by atoms with Crippen LogP contribution in [0, 0.1) is 6.92 Å². The molecule has 2 N–H and O–H groups in total. The molecule has 1 aromatic carbocycles. The van der Waals surface area contributed by atoms with Crippen LogP contribution in [-0.2, 0) is 6.54 Å². The van der Waals surface area contributed by atoms with E-state index in [2.05, 4.69) is 65.4 Å². The lowest BCUT2D eigenvalue weighted by Gasteiger charge is -2.15. The lowest BCUT2D eigenvalue weighted by Crippen LogP contribution is -2.09. The van der Waals surface area contributed by atoms with E-state index >= 15 is 0 Å². The minimum absolute atomic E-state index is 0.100. The van der Waals surface area contributed by atoms with Crippen molar-refractivity contribution in [2.75, 3.05) is 5.32 Å². The lowest BCUT2D eigenvalue weighted by atomic mass is 10.1. The van der Waals surface area contributed by atoms with E-state index < -0.39 is 0 Å². The van der Waals surface area contributed by atoms with Gasteiger partial charge in [-0.1, -0.05) is 13.0 Å². The van der Waals surface area contributed by atoms with Gasteiger partial charge in [0.2, 0.25) is 5.95 Å². The van der Waals surface area contributed by atoms with Gasteiger partial charge in [0.25, 0.3) is 0 Å². The van der Waals surface area contributed by atoms with Gasteiger partial charge in [0.05, 0.1) is 17.9 Å². The van der Waals surface area contributed by atoms with E-state index in [1.54, 1.807) is 6.20 Å². The second-order valence-electron chi connectivity index (χ2n) is 6.82. The number of benzene rings is 1. The first-order chi connectivity index (χ1) is 13.2. The number of aryl methyl sites for hydroxylation is 1. The maximum Gasteiger partial charge on any atom is 0.223 e. The molecule has 0 bridgehead atoms. The number of nitrogens with one attached hydrogen (secondary N) is 2. The molecule has 0 saturated heterocycles. The second kappa shape index (κ2) is 7.23. The number of aromatic nitrogens is 5. The quantitative estimate of drug-likeness (QED) is 0.522. The Labute approximate surface area is 158 Å². The van der Waals surface area contributed by atoms with Crippen molar-refractivity contribution < 1.29 is 0 Å². The maximum atomic E-state index is 4.71. The first-order valence-corrected chi connectivity index (χ1v) is 9.35. The molecule has 4 aromatic rings. The topological polar surface area (TPSA) is 71.4 Å². The number of nitrogens with zero attached hydrogens (tertiary/aromatic N) is 4. The van der Waals surface area contributed by atoms with E-state index in [0.717, 1.165) is 35.4 Å². The van der Waals surface area contributed by atoms with Crippen LogP contribution in [-0.4, -0.2) is 24.7 Å². The molecule has 0 radical (unpaired) electrons. The summed E-state index contributed by atoms with van der Waals surface area (Å²) in [7, 11) is 0. The first kappa shape index (κ1) is 17.3. The summed E-state index contributed by atoms with van der Waals surface area (Å²) in [5.74, 6) is 0.622. The van der Waals surface area contributed by atoms with Crippen molar-refractivity contribution in [1.29, 1.82) is 0 Å². The third-order valence-corrected chi connectivity index (χ3v) is 4.89. The van der Waals surface area contributed by atoms with Gasteiger partial charge in [-0.15, -0.1) is 0 Å². The van der Waals surface area contributed by atoms with Crippen LogP contribution >= 0.6 is 0 Å². The molecule has 6 heteroatoms. The van der Waals surface area contributed by atoms with Gasteiger partial charge in [0, 0.05) is 35.7 Å². The van der Waals surface area contributed by atoms with Crippen LogP contribution in [0.2, 0.25) is 0 Å². The van der Waals surface area contributed by atoms with Crippen molar-refractivity contribution in [3.8, 4) is 11.3 Å². The molecule has 0 spiro atoms. The second-order valence-corrected chi connectivity index (χ2v) is 6.82. The normalized spacial score (nSPS) is 12.4. The fourth-order valence-corrected chi connectivity index (χ4v) is 3.33. The molecule has 27 heavy (non-hydrogen) atoms. The Balaban J connectivity index is 1.57. The Morgan fingerprint density at radius 3 is 2.96 bits per heavy atom. The van der Waals surface area contributed by atoms with E-state index in [1.807, 2.05) is 23.1 Å². The van der Waals surface area contributed by atoms with Crippen molar-refractivity contribution in [3.63, 3.8) is 0 Å². The Bertz CT molecular complexity index is 1060. The minimum atomic E-state index is 0.100. The molecular weight excluding hydrogens is 336 g/mol. The third-order valence-electron chi connectivity index (χ3n) is 4.89. The highest BCUT2D eigenvalue weighted by atomic mass is 15.3. The number of hydrogen-bond acceptors (Lipinski definition) is 4. The van der Waals surface area contributed by atoms with Crippen molar-refractivity contribution >= 4 is 16.9 Å². The van der Waals surface area contributed by atoms with Gasteiger partial charge >= 0.3 is 0 Å². The Kier molecular flexibility index (Phi) is 4.62. The van der Waals surface area contributed by atoms with Crippen LogP contribution < -0.4 is 5.32 Å². The minimum Gasteiger partial charge on any atom is -0.361 e. The summed E-state index contributed by atoms with van der Waals surface area (Å²) in [6, 6.07) is 10.5. The summed E-state index contributed by atoms with van der Waals surface area (Å²) >= 11 is 0. The fourth-order valence-electron chi connectivity index (χ4n) is 3.33. The Morgan fingerprint density at radius 1 is 1.22 bits per heavy atom. The van der Waals surface area contributed by atoms with Crippen LogP contribution in [0.3, 0.4) is 0 Å². The van der Waals surface area contributed by atoms with Crippen LogP contribution in [0.5, 0.6) is 0 Å². The third kappa shape index (κ3) is 3.43. The zero-order valence-corrected chi connectivity index (χ0v) is 15.9. The molecule has 1 atom stereocenters. The van der Waals surface area contributed by atoms with Crippen LogP contribution in [0.25, 0.3) is 22.2 Å². The van der Waals surface area contributed by atoms with Gasteiger partial charge in [0.15, 0.2) is 0 Å². The van der Waals surface area contributed by atoms with Crippen molar-refractivity contribution in [2.24, 2.45) is 0 Å². The number of anilines is 1. The van der Waals surface area contributed by atoms with Gasteiger partial charge in [0.1, 0.15) is 0 Å². The Morgan fingerprint density at radius 2 is 2.11 bits per heavy atom. The number of aromatic amines is 1. The van der Waals surface area contributed by atoms with Crippen LogP contribution in [0.1, 0.15) is 37.6 Å². The van der Waals surface area contributed by atoms with E-state index in [9.17, 15) is 0 Å². The summed E-state index contributed by atoms with van der Waals surface area (Å²) in [6.45, 7) is 7.27. The number of H-pyrrole nitrogens is 1. The highest BCUT2D eigenvalue weighted by Crippen LogP contribution is 2.24. The van der Waals surface area contributed by atoms with Crippen LogP contribution in [0.4, 0.5) is 5.95 Å². The number of fused-ring (bicyclic) bond motifs is 1. The molecule has 3 aromatic heterocycles. The van der Waals surface area contributed by atoms with E-state index in [0.29, 0.717) is 5.95 Å². The molecule has 0 fully saturated rings. The number of rotatable bonds is 6. The Hall–Kier alpha value is -3.15. The molecule has 3 heterocycles. The summed E-state index contributed by atoms with van der Waals surface area (Å²) in [6.07, 6.45) is 6.70. The highest BCUT2D eigenvalue weighted by molar-refractivity contribution is 5.80. The SMILES string of the molecule is CCCn1ncc(-c2ccnc(NC(C)c3ccc4[nH]ccc4c3)n2)c1C. The molecule has 138 valence electrons. The molecule has 4 rings (SSSR count). The van der Waals surface area contributed by atoms with Gasteiger partial charge < -0.3 is 10.3 Å². The standard InChI is InChI=1S/C21H24N6/c1-4-11-27-15(3)18(13-24-27)20-8-10-23-21(26-20)25-14(2)16-5-6-19-17(12-16)7-9-22-19/h5-10,12-14,22H,4,11H2,1-3H3,(H,23,25,26). The van der Waals surface area contributed by atoms with Gasteiger partial charge in [-0.05, 0) is 55.5 Å². The molecule has 6 nitrogen and oxygen atoms in total. The van der Waals surface area contributed by atoms with Crippen molar-refractivity contribution in [1.82, 2.24) is 24.7 Å². The summed E-state index contributed by atoms with van der Waals surface area (Å²) < 4.78 is 2.03. The van der Waals surface area contributed by atoms with Crippen LogP contribution in [0.15, 0.2) is 48.9 Å². The summed E-state index contributed by atoms with van der Waals surface area (Å²) in [5, 5.41) is 9.10. The van der Waals surface area contributed by atoms with Gasteiger partial charge in [-0.3, -0.25) is 4.68 Å². The van der Waals surface area contributed by atoms with Gasteiger partial charge in [-0.2, -0.15) is 5.10 Å². The largest absolute Gasteiger partial charge is 0.361 e. The predicted octanol–water partition coefficient (Wildman–Crippen LogP) is 4.71. The lowest BCUT2D eigenvalue weighted by molar-refractivity contribution is 0.587.